The second-order valence-corrected chi connectivity index (χ2v) is 5.61. The summed E-state index contributed by atoms with van der Waals surface area (Å²) in [6, 6.07) is 11.4. The Morgan fingerprint density at radius 2 is 2.21 bits per heavy atom. The molecule has 1 aromatic heterocycles. The van der Waals surface area contributed by atoms with Crippen LogP contribution in [0.1, 0.15) is 17.7 Å². The van der Waals surface area contributed by atoms with Gasteiger partial charge in [0.05, 0.1) is 5.52 Å². The van der Waals surface area contributed by atoms with E-state index < -0.39 is 0 Å². The van der Waals surface area contributed by atoms with Gasteiger partial charge in [0.2, 0.25) is 0 Å². The summed E-state index contributed by atoms with van der Waals surface area (Å²) in [5.74, 6) is 0. The molecule has 3 nitrogen and oxygen atoms in total. The Morgan fingerprint density at radius 3 is 3.00 bits per heavy atom. The normalized spacial score (nSPS) is 20.2. The first-order valence-corrected chi connectivity index (χ1v) is 6.99. The van der Waals surface area contributed by atoms with Crippen LogP contribution in [0.3, 0.4) is 0 Å². The Kier molecular flexibility index (Phi) is 3.49. The Bertz CT molecular complexity index is 579. The SMILES string of the molecule is Cc1ccc2cc(CNC3CCN(C)C3)ccc2n1. The lowest BCUT2D eigenvalue weighted by Gasteiger charge is -2.13. The first-order valence-electron chi connectivity index (χ1n) is 6.99. The van der Waals surface area contributed by atoms with Crippen LogP contribution in [0.15, 0.2) is 30.3 Å². The van der Waals surface area contributed by atoms with Crippen molar-refractivity contribution < 1.29 is 0 Å². The van der Waals surface area contributed by atoms with Crippen molar-refractivity contribution in [3.63, 3.8) is 0 Å². The van der Waals surface area contributed by atoms with Crippen molar-refractivity contribution >= 4 is 10.9 Å². The number of likely N-dealkylation sites (tertiary alicyclic amines) is 1. The monoisotopic (exact) mass is 255 g/mol. The fourth-order valence-corrected chi connectivity index (χ4v) is 2.75. The third-order valence-corrected chi connectivity index (χ3v) is 3.88. The molecular formula is C16H21N3. The Balaban J connectivity index is 1.69. The van der Waals surface area contributed by atoms with Crippen LogP contribution in [0, 0.1) is 6.92 Å². The molecule has 1 N–H and O–H groups in total. The van der Waals surface area contributed by atoms with Gasteiger partial charge in [0.25, 0.3) is 0 Å². The maximum Gasteiger partial charge on any atom is 0.0705 e. The highest BCUT2D eigenvalue weighted by molar-refractivity contribution is 5.79. The quantitative estimate of drug-likeness (QED) is 0.912. The lowest BCUT2D eigenvalue weighted by molar-refractivity contribution is 0.398. The van der Waals surface area contributed by atoms with Crippen molar-refractivity contribution in [1.82, 2.24) is 15.2 Å². The Hall–Kier alpha value is -1.45. The average Bonchev–Trinajstić information content (AvgIpc) is 2.82. The minimum Gasteiger partial charge on any atom is -0.309 e. The van der Waals surface area contributed by atoms with Gasteiger partial charge >= 0.3 is 0 Å². The van der Waals surface area contributed by atoms with Crippen LogP contribution in [0.2, 0.25) is 0 Å². The lowest BCUT2D eigenvalue weighted by Crippen LogP contribution is -2.30. The number of aromatic nitrogens is 1. The predicted octanol–water partition coefficient (Wildman–Crippen LogP) is 2.34. The average molecular weight is 255 g/mol. The van der Waals surface area contributed by atoms with Crippen molar-refractivity contribution in [2.75, 3.05) is 20.1 Å². The molecule has 0 saturated carbocycles. The van der Waals surface area contributed by atoms with Gasteiger partial charge in [-0.15, -0.1) is 0 Å². The van der Waals surface area contributed by atoms with E-state index in [1.165, 1.54) is 23.9 Å². The van der Waals surface area contributed by atoms with Crippen LogP contribution in [-0.4, -0.2) is 36.1 Å². The first-order chi connectivity index (χ1) is 9.20. The van der Waals surface area contributed by atoms with E-state index in [1.807, 2.05) is 6.92 Å². The van der Waals surface area contributed by atoms with Crippen molar-refractivity contribution in [1.29, 1.82) is 0 Å². The molecule has 0 aliphatic carbocycles. The maximum absolute atomic E-state index is 4.54. The molecule has 0 radical (unpaired) electrons. The number of hydrogen-bond donors (Lipinski definition) is 1. The zero-order valence-electron chi connectivity index (χ0n) is 11.7. The first kappa shape index (κ1) is 12.6. The number of likely N-dealkylation sites (N-methyl/N-ethyl adjacent to an activating group) is 1. The van der Waals surface area contributed by atoms with Crippen LogP contribution in [0.25, 0.3) is 10.9 Å². The van der Waals surface area contributed by atoms with Gasteiger partial charge < -0.3 is 10.2 Å². The van der Waals surface area contributed by atoms with Gasteiger partial charge in [-0.2, -0.15) is 0 Å². The maximum atomic E-state index is 4.54. The number of rotatable bonds is 3. The summed E-state index contributed by atoms with van der Waals surface area (Å²) < 4.78 is 0. The molecule has 1 aliphatic rings. The van der Waals surface area contributed by atoms with Gasteiger partial charge in [-0.25, -0.2) is 0 Å². The minimum absolute atomic E-state index is 0.636. The zero-order valence-corrected chi connectivity index (χ0v) is 11.7. The number of benzene rings is 1. The molecule has 1 atom stereocenters. The van der Waals surface area contributed by atoms with E-state index in [2.05, 4.69) is 52.6 Å². The summed E-state index contributed by atoms with van der Waals surface area (Å²) in [5, 5.41) is 4.87. The summed E-state index contributed by atoms with van der Waals surface area (Å²) in [7, 11) is 2.19. The smallest absolute Gasteiger partial charge is 0.0705 e. The molecule has 0 spiro atoms. The van der Waals surface area contributed by atoms with E-state index in [4.69, 9.17) is 0 Å². The molecule has 0 amide bonds. The number of aryl methyl sites for hydroxylation is 1. The van der Waals surface area contributed by atoms with Crippen LogP contribution in [-0.2, 0) is 6.54 Å². The van der Waals surface area contributed by atoms with Crippen LogP contribution in [0.5, 0.6) is 0 Å². The van der Waals surface area contributed by atoms with E-state index >= 15 is 0 Å². The highest BCUT2D eigenvalue weighted by Gasteiger charge is 2.18. The molecule has 100 valence electrons. The number of nitrogens with one attached hydrogen (secondary N) is 1. The molecular weight excluding hydrogens is 234 g/mol. The fourth-order valence-electron chi connectivity index (χ4n) is 2.75. The van der Waals surface area contributed by atoms with Gasteiger partial charge in [0.1, 0.15) is 0 Å². The van der Waals surface area contributed by atoms with Gasteiger partial charge in [-0.05, 0) is 50.7 Å². The molecule has 1 saturated heterocycles. The van der Waals surface area contributed by atoms with Gasteiger partial charge in [0.15, 0.2) is 0 Å². The Morgan fingerprint density at radius 1 is 1.32 bits per heavy atom. The van der Waals surface area contributed by atoms with Crippen LogP contribution < -0.4 is 5.32 Å². The van der Waals surface area contributed by atoms with Gasteiger partial charge in [-0.3, -0.25) is 4.98 Å². The van der Waals surface area contributed by atoms with Crippen molar-refractivity contribution in [3.8, 4) is 0 Å². The van der Waals surface area contributed by atoms with E-state index in [0.29, 0.717) is 6.04 Å². The summed E-state index contributed by atoms with van der Waals surface area (Å²) in [5.41, 5.74) is 3.50. The number of nitrogens with zero attached hydrogens (tertiary/aromatic N) is 2. The summed E-state index contributed by atoms with van der Waals surface area (Å²) >= 11 is 0. The highest BCUT2D eigenvalue weighted by atomic mass is 15.2. The number of fused-ring (bicyclic) bond motifs is 1. The molecule has 19 heavy (non-hydrogen) atoms. The molecule has 1 aromatic carbocycles. The van der Waals surface area contributed by atoms with E-state index in [9.17, 15) is 0 Å². The summed E-state index contributed by atoms with van der Waals surface area (Å²) in [4.78, 5) is 6.92. The summed E-state index contributed by atoms with van der Waals surface area (Å²) in [6.07, 6.45) is 1.25. The summed E-state index contributed by atoms with van der Waals surface area (Å²) in [6.45, 7) is 5.35. The van der Waals surface area contributed by atoms with Crippen molar-refractivity contribution in [2.45, 2.75) is 25.9 Å². The van der Waals surface area contributed by atoms with Crippen LogP contribution in [0.4, 0.5) is 0 Å². The predicted molar refractivity (Wildman–Crippen MR) is 79.2 cm³/mol. The van der Waals surface area contributed by atoms with E-state index in [-0.39, 0.29) is 0 Å². The second-order valence-electron chi connectivity index (χ2n) is 5.61. The minimum atomic E-state index is 0.636. The van der Waals surface area contributed by atoms with Gasteiger partial charge in [-0.1, -0.05) is 12.1 Å². The molecule has 1 fully saturated rings. The third kappa shape index (κ3) is 2.94. The standard InChI is InChI=1S/C16H21N3/c1-12-3-5-14-9-13(4-6-16(14)18-12)10-17-15-7-8-19(2)11-15/h3-6,9,15,17H,7-8,10-11H2,1-2H3. The van der Waals surface area contributed by atoms with E-state index in [0.717, 1.165) is 24.3 Å². The molecule has 2 aromatic rings. The van der Waals surface area contributed by atoms with Crippen LogP contribution >= 0.6 is 0 Å². The fraction of sp³-hybridized carbons (Fsp3) is 0.438. The van der Waals surface area contributed by atoms with Crippen molar-refractivity contribution in [2.24, 2.45) is 0 Å². The molecule has 3 heteroatoms. The third-order valence-electron chi connectivity index (χ3n) is 3.88. The van der Waals surface area contributed by atoms with Crippen molar-refractivity contribution in [3.05, 3.63) is 41.6 Å². The molecule has 0 bridgehead atoms. The molecule has 1 aliphatic heterocycles. The molecule has 1 unspecified atom stereocenters. The molecule has 2 heterocycles. The highest BCUT2D eigenvalue weighted by Crippen LogP contribution is 2.15. The number of pyridine rings is 1. The largest absolute Gasteiger partial charge is 0.309 e. The second kappa shape index (κ2) is 5.27. The number of hydrogen-bond acceptors (Lipinski definition) is 3. The topological polar surface area (TPSA) is 28.2 Å². The van der Waals surface area contributed by atoms with E-state index in [1.54, 1.807) is 0 Å². The molecule has 3 rings (SSSR count). The van der Waals surface area contributed by atoms with Gasteiger partial charge in [0, 0.05) is 30.2 Å². The lowest BCUT2D eigenvalue weighted by atomic mass is 10.1. The zero-order chi connectivity index (χ0) is 13.2. The Labute approximate surface area is 114 Å².